The minimum Gasteiger partial charge on any atom is -0.423 e. The van der Waals surface area contributed by atoms with Crippen molar-refractivity contribution in [3.8, 4) is 11.6 Å². The van der Waals surface area contributed by atoms with E-state index < -0.39 is 13.0 Å². The van der Waals surface area contributed by atoms with E-state index in [2.05, 4.69) is 15.6 Å². The van der Waals surface area contributed by atoms with Crippen LogP contribution in [0.5, 0.6) is 0 Å². The Balaban J connectivity index is 1.54. The van der Waals surface area contributed by atoms with Crippen molar-refractivity contribution in [2.75, 3.05) is 11.9 Å². The highest BCUT2D eigenvalue weighted by Gasteiger charge is 2.21. The van der Waals surface area contributed by atoms with E-state index in [1.807, 2.05) is 6.07 Å². The number of primary amides is 1. The molecule has 1 aromatic carbocycles. The molecule has 0 spiro atoms. The third-order valence-electron chi connectivity index (χ3n) is 5.68. The van der Waals surface area contributed by atoms with Gasteiger partial charge in [0.2, 0.25) is 0 Å². The molecule has 0 saturated heterocycles. The highest BCUT2D eigenvalue weighted by molar-refractivity contribution is 6.58. The van der Waals surface area contributed by atoms with Crippen molar-refractivity contribution in [3.63, 3.8) is 0 Å². The number of amides is 1. The zero-order valence-electron chi connectivity index (χ0n) is 17.7. The smallest absolute Gasteiger partial charge is 0.423 e. The molecule has 0 unspecified atom stereocenters. The number of fused-ring (bicyclic) bond motifs is 2. The molecule has 0 saturated carbocycles. The van der Waals surface area contributed by atoms with E-state index in [1.165, 1.54) is 0 Å². The highest BCUT2D eigenvalue weighted by atomic mass is 16.4. The number of anilines is 1. The van der Waals surface area contributed by atoms with E-state index in [0.717, 1.165) is 29.8 Å². The third kappa shape index (κ3) is 4.04. The van der Waals surface area contributed by atoms with Crippen molar-refractivity contribution in [2.24, 2.45) is 5.73 Å². The fraction of sp³-hybridized carbons (Fsp3) is 0.182. The molecule has 1 aliphatic heterocycles. The Hall–Kier alpha value is -3.80. The summed E-state index contributed by atoms with van der Waals surface area (Å²) < 4.78 is 1.76. The normalized spacial score (nSPS) is 13.0. The molecule has 10 nitrogen and oxygen atoms in total. The minimum atomic E-state index is -1.52. The van der Waals surface area contributed by atoms with E-state index in [0.29, 0.717) is 47.1 Å². The van der Waals surface area contributed by atoms with E-state index in [1.54, 1.807) is 47.1 Å². The Kier molecular flexibility index (Phi) is 5.51. The summed E-state index contributed by atoms with van der Waals surface area (Å²) in [5, 5.41) is 25.6. The number of carbonyl (C=O) groups excluding carboxylic acids is 1. The number of hydrogen-bond donors (Lipinski definition) is 5. The Morgan fingerprint density at radius 3 is 2.94 bits per heavy atom. The second-order valence-corrected chi connectivity index (χ2v) is 7.84. The van der Waals surface area contributed by atoms with Crippen molar-refractivity contribution in [1.29, 1.82) is 0 Å². The lowest BCUT2D eigenvalue weighted by atomic mass is 9.79. The first kappa shape index (κ1) is 21.1. The molecule has 0 fully saturated rings. The van der Waals surface area contributed by atoms with Crippen LogP contribution in [-0.4, -0.2) is 49.0 Å². The summed E-state index contributed by atoms with van der Waals surface area (Å²) in [5.74, 6) is 1.12. The maximum Gasteiger partial charge on any atom is 0.488 e. The first-order chi connectivity index (χ1) is 16.0. The average molecular weight is 443 g/mol. The lowest BCUT2D eigenvalue weighted by Crippen LogP contribution is -2.30. The van der Waals surface area contributed by atoms with Crippen molar-refractivity contribution < 1.29 is 14.8 Å². The van der Waals surface area contributed by atoms with Crippen LogP contribution in [0.4, 0.5) is 5.82 Å². The van der Waals surface area contributed by atoms with Crippen LogP contribution in [0.2, 0.25) is 0 Å². The molecular weight excluding hydrogens is 421 g/mol. The quantitative estimate of drug-likeness (QED) is 0.258. The Morgan fingerprint density at radius 1 is 1.24 bits per heavy atom. The molecule has 166 valence electrons. The summed E-state index contributed by atoms with van der Waals surface area (Å²) in [5.41, 5.74) is 9.71. The summed E-state index contributed by atoms with van der Waals surface area (Å²) in [6.07, 6.45) is 4.17. The fourth-order valence-electron chi connectivity index (χ4n) is 4.05. The summed E-state index contributed by atoms with van der Waals surface area (Å²) in [4.78, 5) is 25.8. The summed E-state index contributed by atoms with van der Waals surface area (Å²) in [6.45, 7) is 1.89. The van der Waals surface area contributed by atoms with Gasteiger partial charge in [0.1, 0.15) is 5.82 Å². The van der Waals surface area contributed by atoms with Gasteiger partial charge in [-0.1, -0.05) is 24.3 Å². The number of carbonyl (C=O) groups is 1. The Bertz CT molecular complexity index is 1360. The van der Waals surface area contributed by atoms with Gasteiger partial charge >= 0.3 is 7.12 Å². The molecule has 4 aromatic rings. The summed E-state index contributed by atoms with van der Waals surface area (Å²) in [6, 6.07) is 10.5. The molecule has 0 radical (unpaired) electrons. The molecule has 0 bridgehead atoms. The van der Waals surface area contributed by atoms with Crippen LogP contribution in [0, 0.1) is 0 Å². The van der Waals surface area contributed by atoms with Gasteiger partial charge in [0, 0.05) is 24.8 Å². The minimum absolute atomic E-state index is 0.375. The molecule has 5 rings (SSSR count). The zero-order chi connectivity index (χ0) is 22.9. The van der Waals surface area contributed by atoms with Gasteiger partial charge in [0.15, 0.2) is 11.6 Å². The molecule has 6 N–H and O–H groups in total. The third-order valence-corrected chi connectivity index (χ3v) is 5.68. The topological polar surface area (TPSA) is 151 Å². The molecule has 1 aliphatic rings. The van der Waals surface area contributed by atoms with E-state index in [4.69, 9.17) is 15.7 Å². The van der Waals surface area contributed by atoms with Crippen molar-refractivity contribution >= 4 is 29.8 Å². The van der Waals surface area contributed by atoms with E-state index >= 15 is 0 Å². The van der Waals surface area contributed by atoms with Gasteiger partial charge in [-0.25, -0.2) is 15.0 Å². The fourth-order valence-corrected chi connectivity index (χ4v) is 4.05. The summed E-state index contributed by atoms with van der Waals surface area (Å²) >= 11 is 0. The number of hydrogen-bond acceptors (Lipinski definition) is 8. The van der Waals surface area contributed by atoms with Crippen molar-refractivity contribution in [2.45, 2.75) is 19.5 Å². The Labute approximate surface area is 189 Å². The molecule has 0 atom stereocenters. The largest absolute Gasteiger partial charge is 0.488 e. The number of pyridine rings is 1. The number of nitrogens with one attached hydrogen (secondary N) is 2. The van der Waals surface area contributed by atoms with Gasteiger partial charge in [-0.15, -0.1) is 0 Å². The van der Waals surface area contributed by atoms with Gasteiger partial charge in [0.25, 0.3) is 5.91 Å². The van der Waals surface area contributed by atoms with Gasteiger partial charge < -0.3 is 26.4 Å². The predicted octanol–water partition coefficient (Wildman–Crippen LogP) is -0.172. The number of aromatic nitrogens is 4. The van der Waals surface area contributed by atoms with Crippen LogP contribution in [0.25, 0.3) is 17.2 Å². The number of benzene rings is 1. The molecule has 11 heteroatoms. The standard InChI is InChI=1S/C22H22BN7O3/c24-19(31)16-5-2-8-30-18(16)12-27-22(30)21-28-17-11-25-7-6-15(17)20(29-21)26-10-13-3-1-4-14(9-13)23(32)33/h1-5,8-9,12,25,32-33H,6-7,10-11H2,(H2,24,31)(H,26,28,29). The SMILES string of the molecule is NC(=O)c1cccn2c(-c3nc4c(c(NCc5cccc(B(O)O)c5)n3)CCNC4)ncc12. The van der Waals surface area contributed by atoms with Crippen LogP contribution in [0.1, 0.15) is 27.2 Å². The second kappa shape index (κ2) is 8.62. The maximum atomic E-state index is 11.8. The van der Waals surface area contributed by atoms with Gasteiger partial charge in [-0.3, -0.25) is 9.20 Å². The van der Waals surface area contributed by atoms with Crippen LogP contribution in [-0.2, 0) is 19.5 Å². The maximum absolute atomic E-state index is 11.8. The average Bonchev–Trinajstić information content (AvgIpc) is 3.26. The monoisotopic (exact) mass is 443 g/mol. The van der Waals surface area contributed by atoms with Crippen LogP contribution in [0.3, 0.4) is 0 Å². The number of rotatable bonds is 6. The first-order valence-electron chi connectivity index (χ1n) is 10.6. The van der Waals surface area contributed by atoms with Crippen LogP contribution >= 0.6 is 0 Å². The van der Waals surface area contributed by atoms with Crippen LogP contribution in [0.15, 0.2) is 48.8 Å². The molecule has 4 heterocycles. The van der Waals surface area contributed by atoms with Gasteiger partial charge in [0.05, 0.1) is 23.0 Å². The number of nitrogens with two attached hydrogens (primary N) is 1. The second-order valence-electron chi connectivity index (χ2n) is 7.84. The number of imidazole rings is 1. The van der Waals surface area contributed by atoms with E-state index in [9.17, 15) is 14.8 Å². The summed E-state index contributed by atoms with van der Waals surface area (Å²) in [7, 11) is -1.52. The molecule has 0 aliphatic carbocycles. The van der Waals surface area contributed by atoms with Crippen LogP contribution < -0.4 is 21.8 Å². The molecule has 33 heavy (non-hydrogen) atoms. The zero-order valence-corrected chi connectivity index (χ0v) is 17.7. The highest BCUT2D eigenvalue weighted by Crippen LogP contribution is 2.26. The van der Waals surface area contributed by atoms with E-state index in [-0.39, 0.29) is 0 Å². The Morgan fingerprint density at radius 2 is 2.12 bits per heavy atom. The van der Waals surface area contributed by atoms with Crippen molar-refractivity contribution in [1.82, 2.24) is 24.7 Å². The lowest BCUT2D eigenvalue weighted by Gasteiger charge is -2.20. The van der Waals surface area contributed by atoms with Gasteiger partial charge in [-0.2, -0.15) is 0 Å². The predicted molar refractivity (Wildman–Crippen MR) is 124 cm³/mol. The van der Waals surface area contributed by atoms with Gasteiger partial charge in [-0.05, 0) is 36.1 Å². The molecular formula is C22H22BN7O3. The molecule has 1 amide bonds. The lowest BCUT2D eigenvalue weighted by molar-refractivity contribution is 0.100. The molecule has 3 aromatic heterocycles. The first-order valence-corrected chi connectivity index (χ1v) is 10.6. The van der Waals surface area contributed by atoms with Crippen molar-refractivity contribution in [3.05, 3.63) is 71.2 Å². The number of nitrogens with zero attached hydrogens (tertiary/aromatic N) is 4.